The second-order valence-corrected chi connectivity index (χ2v) is 7.52. The molecule has 1 saturated heterocycles. The van der Waals surface area contributed by atoms with Crippen LogP contribution in [0, 0.1) is 0 Å². The van der Waals surface area contributed by atoms with Crippen molar-refractivity contribution in [2.45, 2.75) is 17.7 Å². The zero-order valence-electron chi connectivity index (χ0n) is 13.7. The predicted octanol–water partition coefficient (Wildman–Crippen LogP) is -1.70. The zero-order valence-corrected chi connectivity index (χ0v) is 15.3. The number of halogens is 1. The molecular formula is C13H11FN6O6S2. The number of nitrogen functional groups attached to an aromatic ring is 1. The molecule has 0 bridgehead atoms. The number of fused-ring (bicyclic) bond motifs is 2. The highest BCUT2D eigenvalue weighted by Gasteiger charge is 2.57. The van der Waals surface area contributed by atoms with E-state index in [-0.39, 0.29) is 22.4 Å². The summed E-state index contributed by atoms with van der Waals surface area (Å²) in [6.45, 7) is -1.29. The second kappa shape index (κ2) is 6.99. The maximum atomic E-state index is 12.5. The molecule has 28 heavy (non-hydrogen) atoms. The molecule has 3 atom stereocenters. The molecule has 15 heteroatoms. The van der Waals surface area contributed by atoms with Crippen LogP contribution in [0.5, 0.6) is 0 Å². The quantitative estimate of drug-likeness (QED) is 0.212. The van der Waals surface area contributed by atoms with Crippen molar-refractivity contribution in [3.05, 3.63) is 17.1 Å². The summed E-state index contributed by atoms with van der Waals surface area (Å²) < 4.78 is 20.8. The average Bonchev–Trinajstić information content (AvgIpc) is 3.22. The molecular weight excluding hydrogens is 419 g/mol. The van der Waals surface area contributed by atoms with Crippen LogP contribution in [0.1, 0.15) is 5.82 Å². The average molecular weight is 430 g/mol. The van der Waals surface area contributed by atoms with Gasteiger partial charge in [-0.2, -0.15) is 9.36 Å². The number of nitrogens with zero attached hydrogens (tertiary/aromatic N) is 4. The van der Waals surface area contributed by atoms with Crippen LogP contribution >= 0.6 is 23.3 Å². The number of thioether (sulfide) groups is 1. The number of hydrogen-bond donors (Lipinski definition) is 3. The van der Waals surface area contributed by atoms with Crippen LogP contribution in [0.3, 0.4) is 0 Å². The van der Waals surface area contributed by atoms with Crippen LogP contribution in [0.2, 0.25) is 0 Å². The largest absolute Gasteiger partial charge is 0.427 e. The molecule has 1 fully saturated rings. The monoisotopic (exact) mass is 430 g/mol. The number of nitrogens with two attached hydrogens (primary N) is 1. The van der Waals surface area contributed by atoms with Gasteiger partial charge in [0.2, 0.25) is 17.8 Å². The number of cyclic esters (lactones) is 1. The minimum atomic E-state index is -1.38. The highest BCUT2D eigenvalue weighted by molar-refractivity contribution is 8.00. The van der Waals surface area contributed by atoms with Crippen LogP contribution in [0.4, 0.5) is 9.52 Å². The van der Waals surface area contributed by atoms with Gasteiger partial charge in [-0.1, -0.05) is 5.16 Å². The number of anilines is 1. The lowest BCUT2D eigenvalue weighted by Gasteiger charge is -2.48. The van der Waals surface area contributed by atoms with Crippen molar-refractivity contribution in [3.63, 3.8) is 0 Å². The first-order valence-corrected chi connectivity index (χ1v) is 9.47. The molecule has 0 aliphatic carbocycles. The number of rotatable bonds is 5. The lowest BCUT2D eigenvalue weighted by molar-refractivity contribution is -0.157. The summed E-state index contributed by atoms with van der Waals surface area (Å²) in [7, 11) is 0. The molecule has 3 aliphatic rings. The van der Waals surface area contributed by atoms with Crippen molar-refractivity contribution in [1.29, 1.82) is 0 Å². The van der Waals surface area contributed by atoms with Gasteiger partial charge in [0.25, 0.3) is 18.7 Å². The molecule has 2 amide bonds. The lowest BCUT2D eigenvalue weighted by atomic mass is 10.0. The maximum Gasteiger partial charge on any atom is 0.357 e. The van der Waals surface area contributed by atoms with Gasteiger partial charge in [0.15, 0.2) is 5.13 Å². The number of amides is 2. The summed E-state index contributed by atoms with van der Waals surface area (Å²) in [4.78, 5) is 46.1. The van der Waals surface area contributed by atoms with Gasteiger partial charge in [0.1, 0.15) is 17.1 Å². The Balaban J connectivity index is 1.52. The van der Waals surface area contributed by atoms with E-state index in [1.807, 2.05) is 0 Å². The maximum absolute atomic E-state index is 12.5. The first kappa shape index (κ1) is 18.6. The van der Waals surface area contributed by atoms with Gasteiger partial charge in [-0.05, 0) is 0 Å². The van der Waals surface area contributed by atoms with E-state index in [1.54, 1.807) is 0 Å². The van der Waals surface area contributed by atoms with Gasteiger partial charge < -0.3 is 25.7 Å². The molecule has 4 rings (SSSR count). The van der Waals surface area contributed by atoms with Crippen molar-refractivity contribution >= 4 is 51.9 Å². The Morgan fingerprint density at radius 3 is 3.00 bits per heavy atom. The summed E-state index contributed by atoms with van der Waals surface area (Å²) in [5.74, 6) is -2.18. The summed E-state index contributed by atoms with van der Waals surface area (Å²) in [6.07, 6.45) is -1.38. The molecule has 4 heterocycles. The smallest absolute Gasteiger partial charge is 0.357 e. The number of aliphatic hydroxyl groups is 1. The zero-order chi connectivity index (χ0) is 20.0. The van der Waals surface area contributed by atoms with E-state index in [4.69, 9.17) is 10.5 Å². The van der Waals surface area contributed by atoms with Crippen molar-refractivity contribution in [1.82, 2.24) is 19.6 Å². The Bertz CT molecular complexity index is 934. The number of nitrogens with one attached hydrogen (secondary N) is 1. The molecule has 4 N–H and O–H groups in total. The van der Waals surface area contributed by atoms with Crippen LogP contribution in [0.25, 0.3) is 0 Å². The minimum absolute atomic E-state index is 0.00431. The molecule has 1 aromatic heterocycles. The molecule has 12 nitrogen and oxygen atoms in total. The first-order valence-electron chi connectivity index (χ1n) is 7.65. The number of hydrogen-bond acceptors (Lipinski definition) is 12. The summed E-state index contributed by atoms with van der Waals surface area (Å²) in [5, 5.41) is 15.0. The first-order chi connectivity index (χ1) is 13.4. The molecule has 148 valence electrons. The fraction of sp³-hybridized carbons (Fsp3) is 0.385. The van der Waals surface area contributed by atoms with Gasteiger partial charge in [0, 0.05) is 22.9 Å². The fourth-order valence-electron chi connectivity index (χ4n) is 2.86. The third kappa shape index (κ3) is 2.87. The molecule has 1 aromatic rings. The Labute approximate surface area is 163 Å². The number of β-lactam (4-membered cyclic amide) rings is 1. The molecule has 3 unspecified atom stereocenters. The van der Waals surface area contributed by atoms with Crippen LogP contribution in [-0.2, 0) is 24.0 Å². The van der Waals surface area contributed by atoms with Crippen LogP contribution in [-0.4, -0.2) is 73.2 Å². The summed E-state index contributed by atoms with van der Waals surface area (Å²) in [6, 6.07) is -0.983. The highest BCUT2D eigenvalue weighted by atomic mass is 32.2. The van der Waals surface area contributed by atoms with E-state index in [1.165, 1.54) is 16.7 Å². The van der Waals surface area contributed by atoms with Crippen molar-refractivity contribution in [3.8, 4) is 0 Å². The number of aliphatic hydroxyl groups excluding tert-OH is 1. The highest BCUT2D eigenvalue weighted by Crippen LogP contribution is 2.43. The molecule has 0 radical (unpaired) electrons. The van der Waals surface area contributed by atoms with Crippen LogP contribution < -0.4 is 11.1 Å². The number of esters is 1. The summed E-state index contributed by atoms with van der Waals surface area (Å²) >= 11 is 2.04. The van der Waals surface area contributed by atoms with E-state index in [2.05, 4.69) is 24.7 Å². The number of carbonyl (C=O) groups excluding carboxylic acids is 3. The van der Waals surface area contributed by atoms with Gasteiger partial charge in [-0.3, -0.25) is 14.5 Å². The third-order valence-corrected chi connectivity index (χ3v) is 5.91. The number of alkyl halides is 1. The van der Waals surface area contributed by atoms with E-state index < -0.39 is 48.1 Å². The summed E-state index contributed by atoms with van der Waals surface area (Å²) in [5.41, 5.74) is 5.33. The van der Waals surface area contributed by atoms with E-state index >= 15 is 0 Å². The Morgan fingerprint density at radius 2 is 2.32 bits per heavy atom. The lowest BCUT2D eigenvalue weighted by Crippen LogP contribution is -2.70. The number of carbonyl (C=O) groups is 3. The SMILES string of the molecule is Nc1nc(C(=NOCF)C(=O)NC2C(=O)N3C4=C(CSC23)C(O)OC4=O)ns1. The number of oxime groups is 1. The molecule has 3 aliphatic heterocycles. The molecule has 0 aromatic carbocycles. The fourth-order valence-corrected chi connectivity index (χ4v) is 4.66. The standard InChI is InChI=1S/C13H11FN6O6S2/c14-2-25-18-4(7-17-13(15)28-19-7)8(21)16-5-9(22)20-6-3(1-27-10(5)20)11(23)26-12(6)24/h5,10-11,23H,1-2H2,(H,16,21)(H2,15,17,19). The van der Waals surface area contributed by atoms with Crippen molar-refractivity contribution < 1.29 is 33.5 Å². The van der Waals surface area contributed by atoms with E-state index in [0.29, 0.717) is 5.57 Å². The van der Waals surface area contributed by atoms with Crippen molar-refractivity contribution in [2.24, 2.45) is 5.16 Å². The van der Waals surface area contributed by atoms with Crippen molar-refractivity contribution in [2.75, 3.05) is 18.3 Å². The van der Waals surface area contributed by atoms with Gasteiger partial charge in [-0.15, -0.1) is 11.8 Å². The predicted molar refractivity (Wildman–Crippen MR) is 92.1 cm³/mol. The number of ether oxygens (including phenoxy) is 1. The Morgan fingerprint density at radius 1 is 1.54 bits per heavy atom. The topological polar surface area (TPSA) is 169 Å². The van der Waals surface area contributed by atoms with Gasteiger partial charge in [-0.25, -0.2) is 9.18 Å². The molecule has 0 spiro atoms. The van der Waals surface area contributed by atoms with E-state index in [0.717, 1.165) is 11.5 Å². The normalized spacial score (nSPS) is 26.4. The Hall–Kier alpha value is -2.78. The minimum Gasteiger partial charge on any atom is -0.427 e. The molecule has 0 saturated carbocycles. The van der Waals surface area contributed by atoms with E-state index in [9.17, 15) is 23.9 Å². The van der Waals surface area contributed by atoms with Gasteiger partial charge in [0.05, 0.1) is 0 Å². The third-order valence-electron chi connectivity index (χ3n) is 4.07. The van der Waals surface area contributed by atoms with Crippen LogP contribution in [0.15, 0.2) is 16.4 Å². The van der Waals surface area contributed by atoms with Gasteiger partial charge >= 0.3 is 5.97 Å². The second-order valence-electron chi connectivity index (χ2n) is 5.63. The Kier molecular flexibility index (Phi) is 4.64. The number of aromatic nitrogens is 2.